The quantitative estimate of drug-likeness (QED) is 0.345. The SMILES string of the molecule is Cc1ccccc1N(CC(=O)N(Cc1cccc(Br)c1)C(Cc1ccccc1)C(=O)NC(C)(C)C)S(C)(=O)=O. The van der Waals surface area contributed by atoms with E-state index in [2.05, 4.69) is 21.2 Å². The van der Waals surface area contributed by atoms with Gasteiger partial charge in [0.05, 0.1) is 11.9 Å². The summed E-state index contributed by atoms with van der Waals surface area (Å²) in [6, 6.07) is 23.1. The van der Waals surface area contributed by atoms with Crippen LogP contribution >= 0.6 is 15.9 Å². The molecule has 0 aromatic heterocycles. The van der Waals surface area contributed by atoms with E-state index in [1.54, 1.807) is 25.1 Å². The van der Waals surface area contributed by atoms with Crippen molar-refractivity contribution in [1.82, 2.24) is 10.2 Å². The van der Waals surface area contributed by atoms with Gasteiger partial charge >= 0.3 is 0 Å². The Balaban J connectivity index is 2.09. The van der Waals surface area contributed by atoms with Gasteiger partial charge in [-0.25, -0.2) is 8.42 Å². The van der Waals surface area contributed by atoms with Crippen molar-refractivity contribution >= 4 is 43.5 Å². The van der Waals surface area contributed by atoms with Crippen molar-refractivity contribution < 1.29 is 18.0 Å². The summed E-state index contributed by atoms with van der Waals surface area (Å²) in [5.41, 5.74) is 2.31. The molecule has 0 radical (unpaired) electrons. The molecule has 0 heterocycles. The van der Waals surface area contributed by atoms with Crippen LogP contribution in [0.2, 0.25) is 0 Å². The van der Waals surface area contributed by atoms with Crippen LogP contribution in [0.1, 0.15) is 37.5 Å². The molecule has 0 fully saturated rings. The average molecular weight is 615 g/mol. The second kappa shape index (κ2) is 12.8. The number of nitrogens with zero attached hydrogens (tertiary/aromatic N) is 2. The molecule has 0 aliphatic carbocycles. The highest BCUT2D eigenvalue weighted by molar-refractivity contribution is 9.10. The van der Waals surface area contributed by atoms with Gasteiger partial charge in [0.2, 0.25) is 21.8 Å². The van der Waals surface area contributed by atoms with Crippen LogP contribution in [0.3, 0.4) is 0 Å². The van der Waals surface area contributed by atoms with Crippen molar-refractivity contribution in [2.24, 2.45) is 0 Å². The van der Waals surface area contributed by atoms with E-state index in [-0.39, 0.29) is 18.9 Å². The van der Waals surface area contributed by atoms with Gasteiger partial charge in [-0.05, 0) is 62.6 Å². The number of carbonyl (C=O) groups excluding carboxylic acids is 2. The van der Waals surface area contributed by atoms with Gasteiger partial charge in [-0.3, -0.25) is 13.9 Å². The maximum absolute atomic E-state index is 14.1. The summed E-state index contributed by atoms with van der Waals surface area (Å²) in [6.45, 7) is 7.13. The number of nitrogens with one attached hydrogen (secondary N) is 1. The van der Waals surface area contributed by atoms with Crippen LogP contribution in [-0.2, 0) is 32.6 Å². The number of sulfonamides is 1. The highest BCUT2D eigenvalue weighted by Crippen LogP contribution is 2.24. The molecule has 1 unspecified atom stereocenters. The predicted octanol–water partition coefficient (Wildman–Crippen LogP) is 5.08. The number of benzene rings is 3. The second-order valence-corrected chi connectivity index (χ2v) is 13.5. The molecular formula is C30H36BrN3O4S. The number of halogens is 1. The first-order valence-electron chi connectivity index (χ1n) is 12.7. The van der Waals surface area contributed by atoms with Crippen molar-refractivity contribution in [3.05, 3.63) is 100 Å². The standard InChI is InChI=1S/C30H36BrN3O4S/c1-22-12-9-10-17-26(22)34(39(5,37)38)21-28(35)33(20-24-15-11-16-25(31)18-24)27(29(36)32-30(2,3)4)19-23-13-7-6-8-14-23/h6-18,27H,19-21H2,1-5H3,(H,32,36). The minimum absolute atomic E-state index is 0.124. The fourth-order valence-corrected chi connectivity index (χ4v) is 5.63. The van der Waals surface area contributed by atoms with Crippen molar-refractivity contribution in [3.8, 4) is 0 Å². The smallest absolute Gasteiger partial charge is 0.244 e. The van der Waals surface area contributed by atoms with Crippen LogP contribution in [0.4, 0.5) is 5.69 Å². The van der Waals surface area contributed by atoms with Crippen molar-refractivity contribution in [3.63, 3.8) is 0 Å². The van der Waals surface area contributed by atoms with E-state index in [4.69, 9.17) is 0 Å². The van der Waals surface area contributed by atoms with Gasteiger partial charge < -0.3 is 10.2 Å². The van der Waals surface area contributed by atoms with Crippen LogP contribution in [0.15, 0.2) is 83.3 Å². The van der Waals surface area contributed by atoms with Crippen LogP contribution < -0.4 is 9.62 Å². The van der Waals surface area contributed by atoms with Gasteiger partial charge in [-0.15, -0.1) is 0 Å². The van der Waals surface area contributed by atoms with E-state index in [0.29, 0.717) is 5.69 Å². The molecule has 3 aromatic carbocycles. The third kappa shape index (κ3) is 8.93. The molecule has 0 spiro atoms. The normalized spacial score (nSPS) is 12.5. The average Bonchev–Trinajstić information content (AvgIpc) is 2.84. The fourth-order valence-electron chi connectivity index (χ4n) is 4.28. The number of para-hydroxylation sites is 1. The van der Waals surface area contributed by atoms with Gasteiger partial charge in [-0.2, -0.15) is 0 Å². The number of hydrogen-bond acceptors (Lipinski definition) is 4. The molecule has 3 rings (SSSR count). The Bertz CT molecular complexity index is 1400. The molecule has 0 aliphatic heterocycles. The summed E-state index contributed by atoms with van der Waals surface area (Å²) in [6.07, 6.45) is 1.35. The van der Waals surface area contributed by atoms with Gasteiger partial charge in [0.25, 0.3) is 0 Å². The molecule has 3 aromatic rings. The molecule has 2 amide bonds. The minimum Gasteiger partial charge on any atom is -0.350 e. The third-order valence-electron chi connectivity index (χ3n) is 6.07. The third-order valence-corrected chi connectivity index (χ3v) is 7.69. The number of rotatable bonds is 10. The van der Waals surface area contributed by atoms with E-state index in [1.807, 2.05) is 81.4 Å². The van der Waals surface area contributed by atoms with Crippen molar-refractivity contribution in [2.45, 2.75) is 52.2 Å². The number of aryl methyl sites for hydroxylation is 1. The minimum atomic E-state index is -3.80. The molecule has 7 nitrogen and oxygen atoms in total. The second-order valence-electron chi connectivity index (χ2n) is 10.7. The zero-order valence-corrected chi connectivity index (χ0v) is 25.4. The summed E-state index contributed by atoms with van der Waals surface area (Å²) in [5.74, 6) is -0.787. The first-order chi connectivity index (χ1) is 18.2. The van der Waals surface area contributed by atoms with E-state index in [1.165, 1.54) is 4.90 Å². The topological polar surface area (TPSA) is 86.8 Å². The lowest BCUT2D eigenvalue weighted by atomic mass is 10.0. The highest BCUT2D eigenvalue weighted by Gasteiger charge is 2.34. The predicted molar refractivity (Wildman–Crippen MR) is 160 cm³/mol. The zero-order chi connectivity index (χ0) is 28.8. The monoisotopic (exact) mass is 613 g/mol. The summed E-state index contributed by atoms with van der Waals surface area (Å²) < 4.78 is 27.7. The van der Waals surface area contributed by atoms with Crippen molar-refractivity contribution in [1.29, 1.82) is 0 Å². The molecule has 39 heavy (non-hydrogen) atoms. The molecule has 0 saturated carbocycles. The first-order valence-corrected chi connectivity index (χ1v) is 15.3. The van der Waals surface area contributed by atoms with Gasteiger partial charge in [0.15, 0.2) is 0 Å². The maximum Gasteiger partial charge on any atom is 0.244 e. The Morgan fingerprint density at radius 2 is 1.54 bits per heavy atom. The largest absolute Gasteiger partial charge is 0.350 e. The first kappa shape index (κ1) is 30.4. The van der Waals surface area contributed by atoms with Crippen LogP contribution in [-0.4, -0.2) is 49.5 Å². The van der Waals surface area contributed by atoms with Crippen LogP contribution in [0, 0.1) is 6.92 Å². The Morgan fingerprint density at radius 1 is 0.923 bits per heavy atom. The van der Waals surface area contributed by atoms with E-state index < -0.39 is 34.1 Å². The molecule has 0 bridgehead atoms. The summed E-state index contributed by atoms with van der Waals surface area (Å²) >= 11 is 3.48. The lowest BCUT2D eigenvalue weighted by Gasteiger charge is -2.35. The van der Waals surface area contributed by atoms with Gasteiger partial charge in [0, 0.05) is 23.0 Å². The van der Waals surface area contributed by atoms with Crippen LogP contribution in [0.25, 0.3) is 0 Å². The van der Waals surface area contributed by atoms with E-state index in [0.717, 1.165) is 31.7 Å². The summed E-state index contributed by atoms with van der Waals surface area (Å²) in [4.78, 5) is 29.3. The molecule has 1 atom stereocenters. The molecule has 0 saturated heterocycles. The van der Waals surface area contributed by atoms with E-state index in [9.17, 15) is 18.0 Å². The Kier molecular flexibility index (Phi) is 9.96. The summed E-state index contributed by atoms with van der Waals surface area (Å²) in [7, 11) is -3.80. The molecule has 208 valence electrons. The summed E-state index contributed by atoms with van der Waals surface area (Å²) in [5, 5.41) is 3.02. The highest BCUT2D eigenvalue weighted by atomic mass is 79.9. The number of carbonyl (C=O) groups is 2. The number of anilines is 1. The maximum atomic E-state index is 14.1. The molecule has 9 heteroatoms. The fraction of sp³-hybridized carbons (Fsp3) is 0.333. The molecular weight excluding hydrogens is 578 g/mol. The van der Waals surface area contributed by atoms with Gasteiger partial charge in [0.1, 0.15) is 12.6 Å². The molecule has 1 N–H and O–H groups in total. The Hall–Kier alpha value is -3.17. The lowest BCUT2D eigenvalue weighted by Crippen LogP contribution is -2.56. The lowest BCUT2D eigenvalue weighted by molar-refractivity contribution is -0.140. The number of hydrogen-bond donors (Lipinski definition) is 1. The van der Waals surface area contributed by atoms with E-state index >= 15 is 0 Å². The van der Waals surface area contributed by atoms with Gasteiger partial charge in [-0.1, -0.05) is 76.6 Å². The van der Waals surface area contributed by atoms with Crippen LogP contribution in [0.5, 0.6) is 0 Å². The Morgan fingerprint density at radius 3 is 2.13 bits per heavy atom. The molecule has 0 aliphatic rings. The van der Waals surface area contributed by atoms with Crippen molar-refractivity contribution in [2.75, 3.05) is 17.1 Å². The zero-order valence-electron chi connectivity index (χ0n) is 23.0. The Labute approximate surface area is 240 Å². The number of amides is 2.